The van der Waals surface area contributed by atoms with Crippen molar-refractivity contribution in [2.24, 2.45) is 0 Å². The number of aryl methyl sites for hydroxylation is 1. The topological polar surface area (TPSA) is 50.9 Å². The van der Waals surface area contributed by atoms with Crippen molar-refractivity contribution in [1.29, 1.82) is 0 Å². The zero-order valence-corrected chi connectivity index (χ0v) is 11.4. The standard InChI is InChI=1S/C12H13ClFN3S/c1-7-6-18-12(17-7)2-3-16-11-5-9(14)8(13)4-10(11)15/h4-6,16H,2-3,15H2,1H3. The van der Waals surface area contributed by atoms with Crippen molar-refractivity contribution in [2.45, 2.75) is 13.3 Å². The Morgan fingerprint density at radius 1 is 1.50 bits per heavy atom. The fraction of sp³-hybridized carbons (Fsp3) is 0.250. The minimum absolute atomic E-state index is 0.0357. The van der Waals surface area contributed by atoms with Crippen LogP contribution in [0.25, 0.3) is 0 Å². The second-order valence-electron chi connectivity index (χ2n) is 3.91. The summed E-state index contributed by atoms with van der Waals surface area (Å²) in [5.41, 5.74) is 7.77. The van der Waals surface area contributed by atoms with Crippen LogP contribution >= 0.6 is 22.9 Å². The number of nitrogens with one attached hydrogen (secondary N) is 1. The molecule has 0 aliphatic heterocycles. The lowest BCUT2D eigenvalue weighted by Crippen LogP contribution is -2.07. The number of nitrogens with zero attached hydrogens (tertiary/aromatic N) is 1. The first kappa shape index (κ1) is 13.1. The fourth-order valence-electron chi connectivity index (χ4n) is 1.54. The van der Waals surface area contributed by atoms with E-state index in [-0.39, 0.29) is 5.02 Å². The maximum atomic E-state index is 13.3. The number of thiazole rings is 1. The van der Waals surface area contributed by atoms with Crippen molar-refractivity contribution in [3.63, 3.8) is 0 Å². The monoisotopic (exact) mass is 285 g/mol. The minimum atomic E-state index is -0.474. The molecule has 6 heteroatoms. The van der Waals surface area contributed by atoms with E-state index in [0.29, 0.717) is 17.9 Å². The van der Waals surface area contributed by atoms with Gasteiger partial charge in [0.1, 0.15) is 5.82 Å². The van der Waals surface area contributed by atoms with Crippen LogP contribution in [0.1, 0.15) is 10.7 Å². The van der Waals surface area contributed by atoms with Crippen LogP contribution in [0.2, 0.25) is 5.02 Å². The maximum Gasteiger partial charge on any atom is 0.143 e. The molecule has 2 aromatic rings. The molecule has 0 saturated carbocycles. The summed E-state index contributed by atoms with van der Waals surface area (Å²) in [6.07, 6.45) is 0.780. The molecule has 2 rings (SSSR count). The lowest BCUT2D eigenvalue weighted by Gasteiger charge is -2.09. The largest absolute Gasteiger partial charge is 0.397 e. The normalized spacial score (nSPS) is 10.6. The lowest BCUT2D eigenvalue weighted by atomic mass is 10.2. The Bertz CT molecular complexity index is 556. The van der Waals surface area contributed by atoms with Crippen LogP contribution in [0, 0.1) is 12.7 Å². The molecule has 0 atom stereocenters. The van der Waals surface area contributed by atoms with Crippen molar-refractivity contribution in [1.82, 2.24) is 4.98 Å². The quantitative estimate of drug-likeness (QED) is 0.846. The highest BCUT2D eigenvalue weighted by molar-refractivity contribution is 7.09. The van der Waals surface area contributed by atoms with Gasteiger partial charge in [-0.3, -0.25) is 0 Å². The Labute approximate surface area is 114 Å². The highest BCUT2D eigenvalue weighted by atomic mass is 35.5. The number of hydrogen-bond acceptors (Lipinski definition) is 4. The van der Waals surface area contributed by atoms with Gasteiger partial charge in [-0.2, -0.15) is 0 Å². The van der Waals surface area contributed by atoms with Crippen LogP contribution in [0.3, 0.4) is 0 Å². The number of anilines is 2. The smallest absolute Gasteiger partial charge is 0.143 e. The predicted molar refractivity (Wildman–Crippen MR) is 74.9 cm³/mol. The Balaban J connectivity index is 1.96. The average molecular weight is 286 g/mol. The summed E-state index contributed by atoms with van der Waals surface area (Å²) >= 11 is 7.24. The van der Waals surface area contributed by atoms with E-state index in [4.69, 9.17) is 17.3 Å². The fourth-order valence-corrected chi connectivity index (χ4v) is 2.48. The van der Waals surface area contributed by atoms with E-state index >= 15 is 0 Å². The zero-order chi connectivity index (χ0) is 13.1. The van der Waals surface area contributed by atoms with Gasteiger partial charge in [-0.05, 0) is 13.0 Å². The van der Waals surface area contributed by atoms with Crippen LogP contribution < -0.4 is 11.1 Å². The maximum absolute atomic E-state index is 13.3. The van der Waals surface area contributed by atoms with Crippen molar-refractivity contribution in [3.8, 4) is 0 Å². The molecule has 0 amide bonds. The van der Waals surface area contributed by atoms with Gasteiger partial charge in [0, 0.05) is 30.1 Å². The van der Waals surface area contributed by atoms with Crippen LogP contribution in [-0.4, -0.2) is 11.5 Å². The first-order chi connectivity index (χ1) is 8.56. The molecule has 0 saturated heterocycles. The van der Waals surface area contributed by atoms with Gasteiger partial charge in [0.05, 0.1) is 21.4 Å². The number of rotatable bonds is 4. The van der Waals surface area contributed by atoms with Crippen molar-refractivity contribution in [3.05, 3.63) is 39.1 Å². The van der Waals surface area contributed by atoms with Gasteiger partial charge in [-0.1, -0.05) is 11.6 Å². The van der Waals surface area contributed by atoms with E-state index in [9.17, 15) is 4.39 Å². The Hall–Kier alpha value is -1.33. The molecule has 0 aliphatic rings. The minimum Gasteiger partial charge on any atom is -0.397 e. The molecule has 0 bridgehead atoms. The number of aromatic nitrogens is 1. The average Bonchev–Trinajstić information content (AvgIpc) is 2.71. The Kier molecular flexibility index (Phi) is 4.04. The highest BCUT2D eigenvalue weighted by Crippen LogP contribution is 2.26. The van der Waals surface area contributed by atoms with E-state index in [1.54, 1.807) is 11.3 Å². The molecule has 3 nitrogen and oxygen atoms in total. The molecule has 0 unspecified atom stereocenters. The molecular formula is C12H13ClFN3S. The number of benzene rings is 1. The summed E-state index contributed by atoms with van der Waals surface area (Å²) in [5.74, 6) is -0.474. The van der Waals surface area contributed by atoms with E-state index in [1.165, 1.54) is 12.1 Å². The molecular weight excluding hydrogens is 273 g/mol. The summed E-state index contributed by atoms with van der Waals surface area (Å²) < 4.78 is 13.3. The Morgan fingerprint density at radius 2 is 2.28 bits per heavy atom. The number of halogens is 2. The van der Waals surface area contributed by atoms with Gasteiger partial charge >= 0.3 is 0 Å². The summed E-state index contributed by atoms with van der Waals surface area (Å²) in [5, 5.41) is 6.17. The third kappa shape index (κ3) is 3.11. The second-order valence-corrected chi connectivity index (χ2v) is 5.26. The molecule has 0 spiro atoms. The molecule has 0 fully saturated rings. The molecule has 1 heterocycles. The van der Waals surface area contributed by atoms with E-state index in [1.807, 2.05) is 12.3 Å². The van der Waals surface area contributed by atoms with Gasteiger partial charge < -0.3 is 11.1 Å². The van der Waals surface area contributed by atoms with Crippen LogP contribution in [0.5, 0.6) is 0 Å². The van der Waals surface area contributed by atoms with Gasteiger partial charge in [0.25, 0.3) is 0 Å². The van der Waals surface area contributed by atoms with Gasteiger partial charge in [0.2, 0.25) is 0 Å². The highest BCUT2D eigenvalue weighted by Gasteiger charge is 2.06. The van der Waals surface area contributed by atoms with Crippen molar-refractivity contribution >= 4 is 34.3 Å². The van der Waals surface area contributed by atoms with Crippen LogP contribution in [-0.2, 0) is 6.42 Å². The van der Waals surface area contributed by atoms with Crippen molar-refractivity contribution < 1.29 is 4.39 Å². The molecule has 96 valence electrons. The van der Waals surface area contributed by atoms with Gasteiger partial charge in [-0.15, -0.1) is 11.3 Å². The predicted octanol–water partition coefficient (Wildman–Crippen LogP) is 3.48. The second kappa shape index (κ2) is 5.54. The summed E-state index contributed by atoms with van der Waals surface area (Å²) in [7, 11) is 0. The number of nitrogen functional groups attached to an aromatic ring is 1. The molecule has 1 aromatic heterocycles. The SMILES string of the molecule is Cc1csc(CCNc2cc(F)c(Cl)cc2N)n1. The lowest BCUT2D eigenvalue weighted by molar-refractivity contribution is 0.629. The van der Waals surface area contributed by atoms with E-state index in [2.05, 4.69) is 10.3 Å². The van der Waals surface area contributed by atoms with E-state index in [0.717, 1.165) is 17.1 Å². The third-order valence-corrected chi connectivity index (χ3v) is 3.73. The van der Waals surface area contributed by atoms with Crippen LogP contribution in [0.4, 0.5) is 15.8 Å². The van der Waals surface area contributed by atoms with Crippen LogP contribution in [0.15, 0.2) is 17.5 Å². The van der Waals surface area contributed by atoms with E-state index < -0.39 is 5.82 Å². The van der Waals surface area contributed by atoms with Gasteiger partial charge in [0.15, 0.2) is 0 Å². The first-order valence-corrected chi connectivity index (χ1v) is 6.71. The summed E-state index contributed by atoms with van der Waals surface area (Å²) in [6.45, 7) is 2.61. The Morgan fingerprint density at radius 3 is 2.94 bits per heavy atom. The van der Waals surface area contributed by atoms with Crippen molar-refractivity contribution in [2.75, 3.05) is 17.6 Å². The zero-order valence-electron chi connectivity index (χ0n) is 9.84. The summed E-state index contributed by atoms with van der Waals surface area (Å²) in [4.78, 5) is 4.35. The molecule has 0 aliphatic carbocycles. The molecule has 1 aromatic carbocycles. The molecule has 18 heavy (non-hydrogen) atoms. The van der Waals surface area contributed by atoms with Gasteiger partial charge in [-0.25, -0.2) is 9.37 Å². The first-order valence-electron chi connectivity index (χ1n) is 5.45. The number of nitrogens with two attached hydrogens (primary N) is 1. The number of hydrogen-bond donors (Lipinski definition) is 2. The third-order valence-electron chi connectivity index (χ3n) is 2.41. The summed E-state index contributed by atoms with van der Waals surface area (Å²) in [6, 6.07) is 2.72. The molecule has 3 N–H and O–H groups in total. The molecule has 0 radical (unpaired) electrons.